The highest BCUT2D eigenvalue weighted by Crippen LogP contribution is 2.29. The summed E-state index contributed by atoms with van der Waals surface area (Å²) in [6.45, 7) is 6.24. The van der Waals surface area contributed by atoms with Gasteiger partial charge in [0.25, 0.3) is 10.0 Å². The Kier molecular flexibility index (Phi) is 8.59. The molecule has 0 fully saturated rings. The minimum absolute atomic E-state index is 0.0231. The molecule has 0 aliphatic carbocycles. The maximum absolute atomic E-state index is 13.1. The zero-order valence-corrected chi connectivity index (χ0v) is 21.0. The van der Waals surface area contributed by atoms with Crippen LogP contribution in [-0.4, -0.2) is 34.1 Å². The Morgan fingerprint density at radius 2 is 1.66 bits per heavy atom. The Labute approximate surface area is 206 Å². The van der Waals surface area contributed by atoms with Gasteiger partial charge in [-0.2, -0.15) is 0 Å². The number of rotatable bonds is 11. The normalized spacial score (nSPS) is 11.1. The number of amides is 1. The average Bonchev–Trinajstić information content (AvgIpc) is 2.80. The molecular weight excluding hydrogens is 468 g/mol. The number of hydrogen-bond acceptors (Lipinski definition) is 6. The van der Waals surface area contributed by atoms with Gasteiger partial charge >= 0.3 is 0 Å². The van der Waals surface area contributed by atoms with Crippen molar-refractivity contribution in [3.05, 3.63) is 72.3 Å². The van der Waals surface area contributed by atoms with Crippen molar-refractivity contribution in [2.75, 3.05) is 23.8 Å². The monoisotopic (exact) mass is 498 g/mol. The third-order valence-corrected chi connectivity index (χ3v) is 6.19. The molecule has 0 bridgehead atoms. The third kappa shape index (κ3) is 7.38. The van der Waals surface area contributed by atoms with E-state index in [-0.39, 0.29) is 29.1 Å². The molecule has 35 heavy (non-hydrogen) atoms. The zero-order valence-electron chi connectivity index (χ0n) is 20.2. The molecule has 2 N–H and O–H groups in total. The molecule has 0 saturated carbocycles. The number of sulfonamides is 1. The van der Waals surface area contributed by atoms with E-state index in [9.17, 15) is 13.2 Å². The predicted molar refractivity (Wildman–Crippen MR) is 136 cm³/mol. The largest absolute Gasteiger partial charge is 0.495 e. The summed E-state index contributed by atoms with van der Waals surface area (Å²) < 4.78 is 45.0. The Hall–Kier alpha value is -3.72. The number of nitrogens with one attached hydrogen (secondary N) is 2. The molecule has 0 unspecified atom stereocenters. The second-order valence-electron chi connectivity index (χ2n) is 7.97. The van der Waals surface area contributed by atoms with Crippen molar-refractivity contribution < 1.29 is 27.4 Å². The molecule has 0 spiro atoms. The quantitative estimate of drug-likeness (QED) is 0.391. The molecule has 186 valence electrons. The molecule has 0 aliphatic rings. The van der Waals surface area contributed by atoms with Crippen LogP contribution in [0.4, 0.5) is 11.4 Å². The number of benzene rings is 3. The first-order valence-corrected chi connectivity index (χ1v) is 12.7. The summed E-state index contributed by atoms with van der Waals surface area (Å²) in [5.41, 5.74) is 1.48. The Morgan fingerprint density at radius 1 is 0.943 bits per heavy atom. The van der Waals surface area contributed by atoms with E-state index in [2.05, 4.69) is 10.0 Å². The van der Waals surface area contributed by atoms with Gasteiger partial charge in [-0.15, -0.1) is 0 Å². The van der Waals surface area contributed by atoms with Gasteiger partial charge in [0, 0.05) is 11.4 Å². The molecule has 9 heteroatoms. The average molecular weight is 499 g/mol. The lowest BCUT2D eigenvalue weighted by molar-refractivity contribution is -0.115. The van der Waals surface area contributed by atoms with Crippen LogP contribution in [-0.2, 0) is 21.2 Å². The Balaban J connectivity index is 1.75. The molecule has 0 aromatic heterocycles. The van der Waals surface area contributed by atoms with Crippen molar-refractivity contribution in [2.45, 2.75) is 38.2 Å². The van der Waals surface area contributed by atoms with E-state index in [0.717, 1.165) is 5.56 Å². The maximum Gasteiger partial charge on any atom is 0.265 e. The van der Waals surface area contributed by atoms with E-state index in [1.807, 2.05) is 45.0 Å². The summed E-state index contributed by atoms with van der Waals surface area (Å²) in [7, 11) is -2.61. The van der Waals surface area contributed by atoms with Crippen LogP contribution in [0.1, 0.15) is 26.3 Å². The second-order valence-corrected chi connectivity index (χ2v) is 9.62. The molecule has 0 saturated heterocycles. The lowest BCUT2D eigenvalue weighted by Gasteiger charge is -2.14. The molecule has 3 aromatic rings. The van der Waals surface area contributed by atoms with Crippen molar-refractivity contribution in [1.29, 1.82) is 0 Å². The highest BCUT2D eigenvalue weighted by molar-refractivity contribution is 7.92. The number of anilines is 2. The van der Waals surface area contributed by atoms with Gasteiger partial charge in [0.05, 0.1) is 26.2 Å². The maximum atomic E-state index is 13.1. The molecule has 0 atom stereocenters. The van der Waals surface area contributed by atoms with Gasteiger partial charge in [0.1, 0.15) is 22.1 Å². The third-order valence-electron chi connectivity index (χ3n) is 4.79. The summed E-state index contributed by atoms with van der Waals surface area (Å²) in [6.07, 6.45) is 0.128. The lowest BCUT2D eigenvalue weighted by atomic mass is 10.1. The standard InChI is InChI=1S/C26H30N2O6S/c1-5-33-22-12-9-20(10-13-22)28-35(30,31)25-17-21(11-14-24(25)32-4)27-26(29)16-19-7-6-8-23(15-19)34-18(2)3/h6-15,17-18,28H,5,16H2,1-4H3,(H,27,29). The van der Waals surface area contributed by atoms with E-state index in [4.69, 9.17) is 14.2 Å². The smallest absolute Gasteiger partial charge is 0.265 e. The lowest BCUT2D eigenvalue weighted by Crippen LogP contribution is -2.17. The van der Waals surface area contributed by atoms with Crippen molar-refractivity contribution in [2.24, 2.45) is 0 Å². The SMILES string of the molecule is CCOc1ccc(NS(=O)(=O)c2cc(NC(=O)Cc3cccc(OC(C)C)c3)ccc2OC)cc1. The van der Waals surface area contributed by atoms with Gasteiger partial charge in [-0.05, 0) is 80.9 Å². The van der Waals surface area contributed by atoms with E-state index < -0.39 is 10.0 Å². The fourth-order valence-electron chi connectivity index (χ4n) is 3.35. The van der Waals surface area contributed by atoms with Gasteiger partial charge in [-0.3, -0.25) is 9.52 Å². The van der Waals surface area contributed by atoms with Crippen LogP contribution in [0.3, 0.4) is 0 Å². The number of methoxy groups -OCH3 is 1. The van der Waals surface area contributed by atoms with Crippen molar-refractivity contribution in [3.63, 3.8) is 0 Å². The molecule has 3 aromatic carbocycles. The molecule has 8 nitrogen and oxygen atoms in total. The topological polar surface area (TPSA) is 103 Å². The van der Waals surface area contributed by atoms with Crippen LogP contribution in [0, 0.1) is 0 Å². The molecule has 0 aliphatic heterocycles. The Bertz CT molecular complexity index is 1260. The molecular formula is C26H30N2O6S. The summed E-state index contributed by atoms with van der Waals surface area (Å²) >= 11 is 0. The van der Waals surface area contributed by atoms with E-state index in [0.29, 0.717) is 29.5 Å². The van der Waals surface area contributed by atoms with Gasteiger partial charge in [0.2, 0.25) is 5.91 Å². The second kappa shape index (κ2) is 11.6. The summed E-state index contributed by atoms with van der Waals surface area (Å²) in [5.74, 6) is 1.18. The first kappa shape index (κ1) is 25.9. The summed E-state index contributed by atoms with van der Waals surface area (Å²) in [5, 5.41) is 2.76. The van der Waals surface area contributed by atoms with E-state index in [1.54, 1.807) is 30.3 Å². The Morgan fingerprint density at radius 3 is 2.31 bits per heavy atom. The molecule has 3 rings (SSSR count). The van der Waals surface area contributed by atoms with Crippen LogP contribution < -0.4 is 24.2 Å². The minimum atomic E-state index is -4.00. The van der Waals surface area contributed by atoms with Crippen molar-refractivity contribution in [3.8, 4) is 17.2 Å². The number of ether oxygens (including phenoxy) is 3. The predicted octanol–water partition coefficient (Wildman–Crippen LogP) is 4.86. The minimum Gasteiger partial charge on any atom is -0.495 e. The summed E-state index contributed by atoms with van der Waals surface area (Å²) in [6, 6.07) is 18.3. The highest BCUT2D eigenvalue weighted by Gasteiger charge is 2.21. The summed E-state index contributed by atoms with van der Waals surface area (Å²) in [4.78, 5) is 12.5. The van der Waals surface area contributed by atoms with Crippen LogP contribution in [0.2, 0.25) is 0 Å². The van der Waals surface area contributed by atoms with Crippen LogP contribution in [0.5, 0.6) is 17.2 Å². The van der Waals surface area contributed by atoms with Gasteiger partial charge in [0.15, 0.2) is 0 Å². The number of carbonyl (C=O) groups excluding carboxylic acids is 1. The van der Waals surface area contributed by atoms with Crippen molar-refractivity contribution >= 4 is 27.3 Å². The first-order valence-electron chi connectivity index (χ1n) is 11.2. The van der Waals surface area contributed by atoms with E-state index in [1.165, 1.54) is 19.2 Å². The first-order chi connectivity index (χ1) is 16.7. The fourth-order valence-corrected chi connectivity index (χ4v) is 4.61. The number of carbonyl (C=O) groups is 1. The van der Waals surface area contributed by atoms with Crippen LogP contribution in [0.15, 0.2) is 71.6 Å². The molecule has 0 heterocycles. The van der Waals surface area contributed by atoms with E-state index >= 15 is 0 Å². The highest BCUT2D eigenvalue weighted by atomic mass is 32.2. The fraction of sp³-hybridized carbons (Fsp3) is 0.269. The number of hydrogen-bond donors (Lipinski definition) is 2. The van der Waals surface area contributed by atoms with Gasteiger partial charge in [-0.25, -0.2) is 8.42 Å². The van der Waals surface area contributed by atoms with Crippen molar-refractivity contribution in [1.82, 2.24) is 0 Å². The molecule has 0 radical (unpaired) electrons. The van der Waals surface area contributed by atoms with Crippen LogP contribution in [0.25, 0.3) is 0 Å². The van der Waals surface area contributed by atoms with Gasteiger partial charge in [-0.1, -0.05) is 12.1 Å². The van der Waals surface area contributed by atoms with Crippen LogP contribution >= 0.6 is 0 Å². The van der Waals surface area contributed by atoms with Gasteiger partial charge < -0.3 is 19.5 Å². The molecule has 1 amide bonds. The zero-order chi connectivity index (χ0) is 25.4.